The number of sulfone groups is 1. The Balaban J connectivity index is 2.30. The summed E-state index contributed by atoms with van der Waals surface area (Å²) in [7, 11) is -3.62. The Hall–Kier alpha value is -2.67. The van der Waals surface area contributed by atoms with Crippen molar-refractivity contribution in [2.45, 2.75) is 23.6 Å². The Kier molecular flexibility index (Phi) is 4.80. The Morgan fingerprint density at radius 1 is 0.957 bits per heavy atom. The van der Waals surface area contributed by atoms with Gasteiger partial charge in [0.15, 0.2) is 0 Å². The molecule has 7 heteroatoms. The maximum Gasteiger partial charge on any atom is 0.221 e. The fourth-order valence-corrected chi connectivity index (χ4v) is 3.22. The van der Waals surface area contributed by atoms with Crippen molar-refractivity contribution in [2.75, 3.05) is 5.32 Å². The number of nitrogens with zero attached hydrogens (tertiary/aromatic N) is 1. The summed E-state index contributed by atoms with van der Waals surface area (Å²) in [5, 5.41) is 2.59. The quantitative estimate of drug-likeness (QED) is 0.663. The molecule has 0 saturated heterocycles. The van der Waals surface area contributed by atoms with Gasteiger partial charge < -0.3 is 11.1 Å². The molecule has 0 aromatic heterocycles. The summed E-state index contributed by atoms with van der Waals surface area (Å²) in [5.41, 5.74) is 6.62. The molecule has 0 aliphatic heterocycles. The average Bonchev–Trinajstić information content (AvgIpc) is 2.47. The summed E-state index contributed by atoms with van der Waals surface area (Å²) in [6, 6.07) is 12.2. The molecule has 0 fully saturated rings. The number of aliphatic imine (C=N–C) groups is 1. The van der Waals surface area contributed by atoms with E-state index in [4.69, 9.17) is 5.73 Å². The minimum Gasteiger partial charge on any atom is -0.387 e. The number of hydrogen-bond donors (Lipinski definition) is 2. The van der Waals surface area contributed by atoms with Gasteiger partial charge in [-0.3, -0.25) is 4.79 Å². The van der Waals surface area contributed by atoms with Crippen LogP contribution in [0.5, 0.6) is 0 Å². The third kappa shape index (κ3) is 4.17. The van der Waals surface area contributed by atoms with Crippen molar-refractivity contribution in [3.8, 4) is 0 Å². The molecule has 2 rings (SSSR count). The van der Waals surface area contributed by atoms with E-state index in [2.05, 4.69) is 10.3 Å². The largest absolute Gasteiger partial charge is 0.387 e. The first-order chi connectivity index (χ1) is 10.8. The first-order valence-corrected chi connectivity index (χ1v) is 8.31. The highest BCUT2D eigenvalue weighted by Crippen LogP contribution is 2.24. The second-order valence-electron chi connectivity index (χ2n) is 4.96. The van der Waals surface area contributed by atoms with E-state index in [0.29, 0.717) is 17.2 Å². The second-order valence-corrected chi connectivity index (χ2v) is 6.91. The van der Waals surface area contributed by atoms with Gasteiger partial charge in [0, 0.05) is 12.6 Å². The summed E-state index contributed by atoms with van der Waals surface area (Å²) < 4.78 is 25.1. The van der Waals surface area contributed by atoms with Gasteiger partial charge in [-0.05, 0) is 55.5 Å². The molecule has 0 unspecified atom stereocenters. The predicted molar refractivity (Wildman–Crippen MR) is 89.6 cm³/mol. The first kappa shape index (κ1) is 16.7. The number of carbonyl (C=O) groups is 1. The lowest BCUT2D eigenvalue weighted by Gasteiger charge is -2.07. The molecule has 23 heavy (non-hydrogen) atoms. The Labute approximate surface area is 135 Å². The van der Waals surface area contributed by atoms with Crippen LogP contribution < -0.4 is 11.1 Å². The van der Waals surface area contributed by atoms with Crippen LogP contribution in [0.3, 0.4) is 0 Å². The lowest BCUT2D eigenvalue weighted by Crippen LogP contribution is -2.06. The summed E-state index contributed by atoms with van der Waals surface area (Å²) in [6.45, 7) is 3.04. The van der Waals surface area contributed by atoms with E-state index in [1.165, 1.54) is 31.2 Å². The Bertz CT molecular complexity index is 835. The molecule has 0 heterocycles. The molecule has 3 N–H and O–H groups in total. The van der Waals surface area contributed by atoms with E-state index in [0.717, 1.165) is 0 Å². The molecule has 0 bridgehead atoms. The number of carbonyl (C=O) groups excluding carboxylic acids is 1. The van der Waals surface area contributed by atoms with Crippen molar-refractivity contribution in [3.05, 3.63) is 48.5 Å². The van der Waals surface area contributed by atoms with Crippen LogP contribution in [0, 0.1) is 0 Å². The normalized spacial score (nSPS) is 12.0. The van der Waals surface area contributed by atoms with Crippen LogP contribution in [0.15, 0.2) is 63.3 Å². The summed E-state index contributed by atoms with van der Waals surface area (Å²) >= 11 is 0. The van der Waals surface area contributed by atoms with Crippen molar-refractivity contribution in [1.82, 2.24) is 0 Å². The highest BCUT2D eigenvalue weighted by molar-refractivity contribution is 7.91. The van der Waals surface area contributed by atoms with E-state index in [9.17, 15) is 13.2 Å². The van der Waals surface area contributed by atoms with E-state index in [1.807, 2.05) is 0 Å². The van der Waals surface area contributed by atoms with E-state index < -0.39 is 9.84 Å². The van der Waals surface area contributed by atoms with Crippen LogP contribution in [0.1, 0.15) is 13.8 Å². The van der Waals surface area contributed by atoms with Gasteiger partial charge in [0.2, 0.25) is 15.7 Å². The van der Waals surface area contributed by atoms with Gasteiger partial charge >= 0.3 is 0 Å². The Morgan fingerprint density at radius 2 is 1.43 bits per heavy atom. The molecule has 0 saturated carbocycles. The molecule has 0 radical (unpaired) electrons. The van der Waals surface area contributed by atoms with Crippen molar-refractivity contribution in [3.63, 3.8) is 0 Å². The number of nitrogens with one attached hydrogen (secondary N) is 1. The first-order valence-electron chi connectivity index (χ1n) is 6.82. The number of benzene rings is 2. The highest BCUT2D eigenvalue weighted by atomic mass is 32.2. The van der Waals surface area contributed by atoms with Crippen LogP contribution in [0.4, 0.5) is 11.4 Å². The molecule has 0 aliphatic carbocycles. The average molecular weight is 331 g/mol. The molecule has 0 atom stereocenters. The van der Waals surface area contributed by atoms with Gasteiger partial charge in [-0.2, -0.15) is 0 Å². The number of nitrogens with two attached hydrogens (primary N) is 1. The monoisotopic (exact) mass is 331 g/mol. The maximum absolute atomic E-state index is 12.6. The molecule has 120 valence electrons. The van der Waals surface area contributed by atoms with Gasteiger partial charge in [0.05, 0.1) is 21.3 Å². The van der Waals surface area contributed by atoms with Gasteiger partial charge in [-0.15, -0.1) is 0 Å². The molecular formula is C16H17N3O3S. The summed E-state index contributed by atoms with van der Waals surface area (Å²) in [5.74, 6) is 0.182. The van der Waals surface area contributed by atoms with Gasteiger partial charge in [0.25, 0.3) is 0 Å². The molecule has 2 aromatic rings. The van der Waals surface area contributed by atoms with Crippen LogP contribution >= 0.6 is 0 Å². The standard InChI is InChI=1S/C16H17N3O3S/c1-11(17)18-13-3-7-15(8-4-13)23(21,22)16-9-5-14(6-10-16)19-12(2)20/h3-10H,1-2H3,(H2,17,18)(H,19,20). The molecule has 0 aliphatic rings. The molecule has 0 spiro atoms. The third-order valence-electron chi connectivity index (χ3n) is 2.94. The number of amides is 1. The number of hydrogen-bond acceptors (Lipinski definition) is 4. The Morgan fingerprint density at radius 3 is 1.87 bits per heavy atom. The van der Waals surface area contributed by atoms with E-state index in [-0.39, 0.29) is 15.7 Å². The van der Waals surface area contributed by atoms with E-state index >= 15 is 0 Å². The summed E-state index contributed by atoms with van der Waals surface area (Å²) in [4.78, 5) is 15.3. The number of rotatable bonds is 4. The van der Waals surface area contributed by atoms with Crippen molar-refractivity contribution in [2.24, 2.45) is 10.7 Å². The SMILES string of the molecule is CC(=O)Nc1ccc(S(=O)(=O)c2ccc(N=C(C)N)cc2)cc1. The van der Waals surface area contributed by atoms with Gasteiger partial charge in [-0.1, -0.05) is 0 Å². The predicted octanol–water partition coefficient (Wildman–Crippen LogP) is 2.49. The van der Waals surface area contributed by atoms with Crippen LogP contribution in [0.2, 0.25) is 0 Å². The minimum absolute atomic E-state index is 0.151. The van der Waals surface area contributed by atoms with Gasteiger partial charge in [0.1, 0.15) is 0 Å². The molecule has 2 aromatic carbocycles. The van der Waals surface area contributed by atoms with Crippen molar-refractivity contribution < 1.29 is 13.2 Å². The zero-order valence-corrected chi connectivity index (χ0v) is 13.6. The van der Waals surface area contributed by atoms with Gasteiger partial charge in [-0.25, -0.2) is 13.4 Å². The molecule has 6 nitrogen and oxygen atoms in total. The lowest BCUT2D eigenvalue weighted by atomic mass is 10.3. The minimum atomic E-state index is -3.62. The fourth-order valence-electron chi connectivity index (χ4n) is 1.96. The highest BCUT2D eigenvalue weighted by Gasteiger charge is 2.17. The lowest BCUT2D eigenvalue weighted by molar-refractivity contribution is -0.114. The van der Waals surface area contributed by atoms with Crippen LogP contribution in [-0.2, 0) is 14.6 Å². The molecule has 1 amide bonds. The zero-order valence-electron chi connectivity index (χ0n) is 12.8. The maximum atomic E-state index is 12.6. The topological polar surface area (TPSA) is 102 Å². The van der Waals surface area contributed by atoms with E-state index in [1.54, 1.807) is 31.2 Å². The van der Waals surface area contributed by atoms with Crippen LogP contribution in [0.25, 0.3) is 0 Å². The fraction of sp³-hybridized carbons (Fsp3) is 0.125. The zero-order chi connectivity index (χ0) is 17.0. The second kappa shape index (κ2) is 6.62. The number of anilines is 1. The van der Waals surface area contributed by atoms with Crippen molar-refractivity contribution in [1.29, 1.82) is 0 Å². The number of amidine groups is 1. The molecular weight excluding hydrogens is 314 g/mol. The third-order valence-corrected chi connectivity index (χ3v) is 4.72. The summed E-state index contributed by atoms with van der Waals surface area (Å²) in [6.07, 6.45) is 0. The van der Waals surface area contributed by atoms with Crippen LogP contribution in [-0.4, -0.2) is 20.2 Å². The smallest absolute Gasteiger partial charge is 0.221 e. The van der Waals surface area contributed by atoms with Crippen molar-refractivity contribution >= 4 is 33.0 Å².